The summed E-state index contributed by atoms with van der Waals surface area (Å²) in [6.07, 6.45) is 3.65. The topological polar surface area (TPSA) is 59.2 Å². The van der Waals surface area contributed by atoms with Crippen LogP contribution in [0, 0.1) is 5.92 Å². The largest absolute Gasteiger partial charge is 0.333 e. The van der Waals surface area contributed by atoms with Gasteiger partial charge in [-0.2, -0.15) is 0 Å². The number of carbonyl (C=O) groups excluding carboxylic acids is 1. The van der Waals surface area contributed by atoms with Gasteiger partial charge in [0.1, 0.15) is 5.69 Å². The minimum absolute atomic E-state index is 0.0475. The first-order valence-electron chi connectivity index (χ1n) is 6.26. The van der Waals surface area contributed by atoms with Crippen LogP contribution in [0.2, 0.25) is 5.02 Å². The van der Waals surface area contributed by atoms with Gasteiger partial charge in [0, 0.05) is 25.3 Å². The molecule has 2 heterocycles. The molecule has 0 radical (unpaired) electrons. The number of carbonyl (C=O) groups is 1. The molecule has 0 saturated carbocycles. The van der Waals surface area contributed by atoms with Crippen LogP contribution in [-0.4, -0.2) is 34.9 Å². The Morgan fingerprint density at radius 1 is 1.61 bits per heavy atom. The molecule has 5 heteroatoms. The van der Waals surface area contributed by atoms with Crippen LogP contribution in [0.25, 0.3) is 0 Å². The van der Waals surface area contributed by atoms with E-state index in [0.717, 1.165) is 19.4 Å². The fourth-order valence-corrected chi connectivity index (χ4v) is 2.62. The summed E-state index contributed by atoms with van der Waals surface area (Å²) in [4.78, 5) is 18.3. The van der Waals surface area contributed by atoms with Crippen molar-refractivity contribution in [2.24, 2.45) is 11.7 Å². The number of nitrogens with two attached hydrogens (primary N) is 1. The number of halogens is 1. The second kappa shape index (κ2) is 5.67. The number of piperidine rings is 1. The zero-order chi connectivity index (χ0) is 13.1. The van der Waals surface area contributed by atoms with Crippen molar-refractivity contribution in [2.45, 2.75) is 25.8 Å². The number of hydrogen-bond donors (Lipinski definition) is 1. The molecule has 1 saturated heterocycles. The molecule has 1 aromatic rings. The normalized spacial score (nSPS) is 24.1. The van der Waals surface area contributed by atoms with E-state index < -0.39 is 0 Å². The molecule has 2 atom stereocenters. The van der Waals surface area contributed by atoms with E-state index in [0.29, 0.717) is 23.2 Å². The number of amides is 1. The van der Waals surface area contributed by atoms with Crippen molar-refractivity contribution in [1.82, 2.24) is 9.88 Å². The SMILES string of the molecule is CC1CCCN(C(=O)c2ccc(Cl)cn2)C1CN. The summed E-state index contributed by atoms with van der Waals surface area (Å²) in [7, 11) is 0. The van der Waals surface area contributed by atoms with Gasteiger partial charge in [0.15, 0.2) is 0 Å². The molecule has 18 heavy (non-hydrogen) atoms. The average molecular weight is 268 g/mol. The molecule has 1 fully saturated rings. The quantitative estimate of drug-likeness (QED) is 0.891. The lowest BCUT2D eigenvalue weighted by Gasteiger charge is -2.39. The zero-order valence-electron chi connectivity index (χ0n) is 10.5. The van der Waals surface area contributed by atoms with E-state index in [1.54, 1.807) is 12.1 Å². The summed E-state index contributed by atoms with van der Waals surface area (Å²) in [5, 5.41) is 0.536. The number of aromatic nitrogens is 1. The zero-order valence-corrected chi connectivity index (χ0v) is 11.2. The molecule has 1 aliphatic rings. The average Bonchev–Trinajstić information content (AvgIpc) is 2.38. The second-order valence-corrected chi connectivity index (χ2v) is 5.22. The summed E-state index contributed by atoms with van der Waals surface area (Å²) in [6, 6.07) is 3.47. The monoisotopic (exact) mass is 267 g/mol. The summed E-state index contributed by atoms with van der Waals surface area (Å²) in [5.74, 6) is 0.397. The molecule has 0 spiro atoms. The Labute approximate surface area is 112 Å². The summed E-state index contributed by atoms with van der Waals surface area (Å²) < 4.78 is 0. The molecule has 0 aromatic carbocycles. The van der Waals surface area contributed by atoms with E-state index in [-0.39, 0.29) is 11.9 Å². The minimum atomic E-state index is -0.0475. The van der Waals surface area contributed by atoms with E-state index in [1.165, 1.54) is 6.20 Å². The lowest BCUT2D eigenvalue weighted by molar-refractivity contribution is 0.0526. The fraction of sp³-hybridized carbons (Fsp3) is 0.538. The van der Waals surface area contributed by atoms with Crippen LogP contribution in [0.15, 0.2) is 18.3 Å². The first kappa shape index (κ1) is 13.3. The van der Waals surface area contributed by atoms with Crippen molar-refractivity contribution in [3.8, 4) is 0 Å². The maximum atomic E-state index is 12.4. The summed E-state index contributed by atoms with van der Waals surface area (Å²) in [5.41, 5.74) is 6.23. The number of hydrogen-bond acceptors (Lipinski definition) is 3. The van der Waals surface area contributed by atoms with E-state index in [4.69, 9.17) is 17.3 Å². The number of likely N-dealkylation sites (tertiary alicyclic amines) is 1. The summed E-state index contributed by atoms with van der Waals surface area (Å²) in [6.45, 7) is 3.40. The lowest BCUT2D eigenvalue weighted by atomic mass is 9.90. The molecule has 1 aliphatic heterocycles. The van der Waals surface area contributed by atoms with Gasteiger partial charge in [0.25, 0.3) is 5.91 Å². The Hall–Kier alpha value is -1.13. The van der Waals surface area contributed by atoms with Gasteiger partial charge < -0.3 is 10.6 Å². The van der Waals surface area contributed by atoms with Gasteiger partial charge in [-0.25, -0.2) is 4.98 Å². The molecule has 4 nitrogen and oxygen atoms in total. The maximum absolute atomic E-state index is 12.4. The molecule has 2 N–H and O–H groups in total. The van der Waals surface area contributed by atoms with Crippen LogP contribution < -0.4 is 5.73 Å². The minimum Gasteiger partial charge on any atom is -0.333 e. The lowest BCUT2D eigenvalue weighted by Crippen LogP contribution is -2.51. The highest BCUT2D eigenvalue weighted by atomic mass is 35.5. The van der Waals surface area contributed by atoms with Crippen LogP contribution in [0.3, 0.4) is 0 Å². The second-order valence-electron chi connectivity index (χ2n) is 4.78. The van der Waals surface area contributed by atoms with Gasteiger partial charge in [-0.1, -0.05) is 18.5 Å². The molecule has 2 unspecified atom stereocenters. The van der Waals surface area contributed by atoms with Gasteiger partial charge in [0.2, 0.25) is 0 Å². The first-order valence-corrected chi connectivity index (χ1v) is 6.64. The standard InChI is InChI=1S/C13H18ClN3O/c1-9-3-2-6-17(12(9)7-15)13(18)11-5-4-10(14)8-16-11/h4-5,8-9,12H,2-3,6-7,15H2,1H3. The number of rotatable bonds is 2. The Morgan fingerprint density at radius 3 is 3.00 bits per heavy atom. The van der Waals surface area contributed by atoms with Crippen molar-refractivity contribution < 1.29 is 4.79 Å². The first-order chi connectivity index (χ1) is 8.63. The van der Waals surface area contributed by atoms with E-state index >= 15 is 0 Å². The van der Waals surface area contributed by atoms with E-state index in [1.807, 2.05) is 4.90 Å². The van der Waals surface area contributed by atoms with Crippen LogP contribution in [0.4, 0.5) is 0 Å². The van der Waals surface area contributed by atoms with Crippen molar-refractivity contribution in [3.05, 3.63) is 29.0 Å². The van der Waals surface area contributed by atoms with Crippen molar-refractivity contribution in [2.75, 3.05) is 13.1 Å². The van der Waals surface area contributed by atoms with Crippen LogP contribution >= 0.6 is 11.6 Å². The molecule has 1 amide bonds. The van der Waals surface area contributed by atoms with E-state index in [9.17, 15) is 4.79 Å². The fourth-order valence-electron chi connectivity index (χ4n) is 2.51. The number of pyridine rings is 1. The molecular formula is C13H18ClN3O. The van der Waals surface area contributed by atoms with Gasteiger partial charge in [-0.3, -0.25) is 4.79 Å². The van der Waals surface area contributed by atoms with Crippen LogP contribution in [0.1, 0.15) is 30.3 Å². The van der Waals surface area contributed by atoms with Gasteiger partial charge >= 0.3 is 0 Å². The van der Waals surface area contributed by atoms with Crippen molar-refractivity contribution in [3.63, 3.8) is 0 Å². The molecule has 98 valence electrons. The van der Waals surface area contributed by atoms with Crippen molar-refractivity contribution in [1.29, 1.82) is 0 Å². The van der Waals surface area contributed by atoms with Gasteiger partial charge in [0.05, 0.1) is 5.02 Å². The Morgan fingerprint density at radius 2 is 2.39 bits per heavy atom. The smallest absolute Gasteiger partial charge is 0.272 e. The molecular weight excluding hydrogens is 250 g/mol. The van der Waals surface area contributed by atoms with Gasteiger partial charge in [-0.05, 0) is 30.9 Å². The Balaban J connectivity index is 2.18. The van der Waals surface area contributed by atoms with Crippen LogP contribution in [-0.2, 0) is 0 Å². The third-order valence-electron chi connectivity index (χ3n) is 3.56. The highest BCUT2D eigenvalue weighted by molar-refractivity contribution is 6.30. The Bertz CT molecular complexity index is 421. The molecule has 2 rings (SSSR count). The van der Waals surface area contributed by atoms with Crippen molar-refractivity contribution >= 4 is 17.5 Å². The maximum Gasteiger partial charge on any atom is 0.272 e. The third-order valence-corrected chi connectivity index (χ3v) is 3.79. The van der Waals surface area contributed by atoms with Crippen LogP contribution in [0.5, 0.6) is 0 Å². The molecule has 1 aromatic heterocycles. The highest BCUT2D eigenvalue weighted by Gasteiger charge is 2.31. The third kappa shape index (κ3) is 2.65. The number of nitrogens with zero attached hydrogens (tertiary/aromatic N) is 2. The summed E-state index contributed by atoms with van der Waals surface area (Å²) >= 11 is 5.77. The predicted molar refractivity (Wildman–Crippen MR) is 71.5 cm³/mol. The highest BCUT2D eigenvalue weighted by Crippen LogP contribution is 2.24. The molecule has 0 aliphatic carbocycles. The Kier molecular flexibility index (Phi) is 4.19. The van der Waals surface area contributed by atoms with E-state index in [2.05, 4.69) is 11.9 Å². The molecule has 0 bridgehead atoms. The predicted octanol–water partition coefficient (Wildman–Crippen LogP) is 1.93. The van der Waals surface area contributed by atoms with Gasteiger partial charge in [-0.15, -0.1) is 0 Å².